The summed E-state index contributed by atoms with van der Waals surface area (Å²) in [6.45, 7) is 13.7. The molecule has 6 aromatic heterocycles. The van der Waals surface area contributed by atoms with E-state index in [0.29, 0.717) is 69.7 Å². The number of halogens is 6. The maximum Gasteiger partial charge on any atom is 0.357 e. The Morgan fingerprint density at radius 1 is 0.432 bits per heavy atom. The maximum atomic E-state index is 11.6. The van der Waals surface area contributed by atoms with Crippen molar-refractivity contribution in [3.63, 3.8) is 0 Å². The molecule has 23 nitrogen and oxygen atoms in total. The first kappa shape index (κ1) is 75.9. The Hall–Kier alpha value is -9.14. The van der Waals surface area contributed by atoms with E-state index < -0.39 is 17.9 Å². The smallest absolute Gasteiger partial charge is 0.357 e. The van der Waals surface area contributed by atoms with Gasteiger partial charge in [-0.3, -0.25) is 24.1 Å². The lowest BCUT2D eigenvalue weighted by Crippen LogP contribution is -2.47. The average Bonchev–Trinajstić information content (AvgIpc) is 1.66. The molecule has 0 unspecified atom stereocenters. The summed E-state index contributed by atoms with van der Waals surface area (Å²) in [4.78, 5) is 49.0. The topological polar surface area (TPSA) is 250 Å². The number of carbonyl (C=O) groups is 3. The third-order valence-electron chi connectivity index (χ3n) is 22.4. The van der Waals surface area contributed by atoms with Crippen LogP contribution < -0.4 is 14.7 Å². The molecule has 0 bridgehead atoms. The van der Waals surface area contributed by atoms with E-state index in [1.165, 1.54) is 4.68 Å². The van der Waals surface area contributed by atoms with Crippen LogP contribution in [0.3, 0.4) is 0 Å². The quantitative estimate of drug-likeness (QED) is 0.0605. The van der Waals surface area contributed by atoms with Gasteiger partial charge < -0.3 is 48.2 Å². The van der Waals surface area contributed by atoms with E-state index in [2.05, 4.69) is 61.1 Å². The lowest BCUT2D eigenvalue weighted by Gasteiger charge is -2.36. The van der Waals surface area contributed by atoms with E-state index in [1.807, 2.05) is 109 Å². The number of rotatable bonds is 21. The van der Waals surface area contributed by atoms with E-state index in [4.69, 9.17) is 83.2 Å². The number of hydrogen-bond donors (Lipinski definition) is 3. The second kappa shape index (κ2) is 32.2. The van der Waals surface area contributed by atoms with Crippen molar-refractivity contribution in [1.29, 1.82) is 0 Å². The zero-order valence-electron chi connectivity index (χ0n) is 61.5. The molecule has 0 spiro atoms. The fraction of sp³-hybridized carbons (Fsp3) is 0.366. The van der Waals surface area contributed by atoms with E-state index in [1.54, 1.807) is 31.0 Å². The Bertz CT molecular complexity index is 5470. The van der Waals surface area contributed by atoms with Crippen LogP contribution in [0, 0.1) is 0 Å². The van der Waals surface area contributed by atoms with E-state index in [-0.39, 0.29) is 11.4 Å². The van der Waals surface area contributed by atoms with Gasteiger partial charge in [0.2, 0.25) is 0 Å². The summed E-state index contributed by atoms with van der Waals surface area (Å²) in [6.07, 6.45) is 11.0. The van der Waals surface area contributed by atoms with Gasteiger partial charge in [-0.1, -0.05) is 97.2 Å². The van der Waals surface area contributed by atoms with Crippen LogP contribution >= 0.6 is 69.6 Å². The van der Waals surface area contributed by atoms with Crippen molar-refractivity contribution >= 4 is 137 Å². The van der Waals surface area contributed by atoms with Gasteiger partial charge in [0.15, 0.2) is 11.4 Å². The first-order valence-corrected chi connectivity index (χ1v) is 39.9. The van der Waals surface area contributed by atoms with Crippen molar-refractivity contribution in [2.24, 2.45) is 21.1 Å². The molecule has 0 radical (unpaired) electrons. The molecule has 9 heterocycles. The monoisotopic (exact) mass is 1620 g/mol. The Kier molecular flexibility index (Phi) is 22.0. The highest BCUT2D eigenvalue weighted by atomic mass is 35.5. The van der Waals surface area contributed by atoms with Crippen molar-refractivity contribution in [1.82, 2.24) is 54.3 Å². The van der Waals surface area contributed by atoms with Gasteiger partial charge in [-0.05, 0) is 155 Å². The molecule has 18 rings (SSSR count). The molecule has 3 saturated carbocycles. The molecule has 12 aromatic rings. The summed E-state index contributed by atoms with van der Waals surface area (Å²) in [7, 11) is 5.33. The Morgan fingerprint density at radius 3 is 1.29 bits per heavy atom. The summed E-state index contributed by atoms with van der Waals surface area (Å²) in [5.74, 6) is 1.45. The second-order valence-electron chi connectivity index (χ2n) is 29.6. The van der Waals surface area contributed by atoms with Crippen LogP contribution in [0.4, 0.5) is 17.1 Å². The van der Waals surface area contributed by atoms with Crippen LogP contribution in [0.15, 0.2) is 129 Å². The van der Waals surface area contributed by atoms with Gasteiger partial charge >= 0.3 is 17.9 Å². The largest absolute Gasteiger partial charge is 0.478 e. The number of fused-ring (bicyclic) bond motifs is 3. The molecule has 6 aromatic carbocycles. The van der Waals surface area contributed by atoms with Crippen LogP contribution in [0.5, 0.6) is 0 Å². The molecular weight excluding hydrogens is 1540 g/mol. The molecule has 3 N–H and O–H groups in total. The van der Waals surface area contributed by atoms with Gasteiger partial charge in [0.05, 0.1) is 47.2 Å². The zero-order valence-corrected chi connectivity index (χ0v) is 66.0. The minimum Gasteiger partial charge on any atom is -0.478 e. The van der Waals surface area contributed by atoms with Crippen molar-refractivity contribution in [3.8, 4) is 33.8 Å². The molecule has 6 fully saturated rings. The number of carboxylic acid groups (broad SMARTS) is 3. The number of aryl methyl sites for hydroxylation is 3. The molecule has 0 atom stereocenters. The first-order chi connectivity index (χ1) is 53.7. The summed E-state index contributed by atoms with van der Waals surface area (Å²) < 4.78 is 22.4. The molecule has 3 aliphatic carbocycles. The molecule has 29 heteroatoms. The molecule has 111 heavy (non-hydrogen) atoms. The van der Waals surface area contributed by atoms with Crippen molar-refractivity contribution in [3.05, 3.63) is 196 Å². The van der Waals surface area contributed by atoms with Crippen LogP contribution in [0.1, 0.15) is 122 Å². The van der Waals surface area contributed by atoms with Crippen LogP contribution in [-0.2, 0) is 40.4 Å². The molecular formula is C82H82Cl6N14O9. The summed E-state index contributed by atoms with van der Waals surface area (Å²) in [6, 6.07) is 34.3. The number of benzene rings is 6. The minimum absolute atomic E-state index is 0.0885. The number of anilines is 3. The molecule has 6 aliphatic rings. The minimum atomic E-state index is -1.01. The van der Waals surface area contributed by atoms with Gasteiger partial charge in [0.1, 0.15) is 34.4 Å². The highest BCUT2D eigenvalue weighted by Crippen LogP contribution is 2.49. The Balaban J connectivity index is 0.000000126. The molecule has 0 amide bonds. The van der Waals surface area contributed by atoms with Gasteiger partial charge in [0, 0.05) is 215 Å². The molecule has 576 valence electrons. The first-order valence-electron chi connectivity index (χ1n) is 37.6. The number of carboxylic acids is 3. The normalized spacial score (nSPS) is 16.6. The van der Waals surface area contributed by atoms with Crippen LogP contribution in [-0.4, -0.2) is 186 Å². The number of piperazine rings is 3. The maximum absolute atomic E-state index is 11.6. The van der Waals surface area contributed by atoms with Crippen molar-refractivity contribution in [2.45, 2.75) is 75.5 Å². The summed E-state index contributed by atoms with van der Waals surface area (Å²) >= 11 is 38.7. The number of aromatic nitrogens is 8. The van der Waals surface area contributed by atoms with E-state index in [0.717, 1.165) is 257 Å². The van der Waals surface area contributed by atoms with Crippen LogP contribution in [0.25, 0.3) is 66.5 Å². The Labute approximate surface area is 670 Å². The molecule has 3 aliphatic heterocycles. The Morgan fingerprint density at radius 2 is 0.856 bits per heavy atom. The van der Waals surface area contributed by atoms with E-state index in [9.17, 15) is 29.7 Å². The fourth-order valence-electron chi connectivity index (χ4n) is 15.9. The van der Waals surface area contributed by atoms with Crippen LogP contribution in [0.2, 0.25) is 30.1 Å². The average molecular weight is 1620 g/mol. The van der Waals surface area contributed by atoms with Crippen molar-refractivity contribution < 1.29 is 43.3 Å². The van der Waals surface area contributed by atoms with Gasteiger partial charge in [-0.2, -0.15) is 10.2 Å². The second-order valence-corrected chi connectivity index (χ2v) is 32.1. The third-order valence-corrected chi connectivity index (χ3v) is 24.2. The van der Waals surface area contributed by atoms with E-state index >= 15 is 0 Å². The highest BCUT2D eigenvalue weighted by molar-refractivity contribution is 6.40. The van der Waals surface area contributed by atoms with Gasteiger partial charge in [-0.15, -0.1) is 0 Å². The number of nitrogens with zero attached hydrogens (tertiary/aromatic N) is 14. The number of hydrogen-bond acceptors (Lipinski definition) is 17. The SMILES string of the molecule is Cn1cc(C(=O)O)c2ccc(N3CCN(CCc4c(-c5ccc(Cl)cc5Cl)noc4C4CC4)CC3)cc21.Cn1nc(C(=O)O)c2ccc(N3CCN(CCc4c(-c5c(Cl)cccc5Cl)noc4C4CC4)CC3)cc21.Cn1nc2cc(N3CCN(CCc4c(-c5c(Cl)cccc5Cl)noc4C4CC4)CC3)ccc2c1C(=O)O. The summed E-state index contributed by atoms with van der Waals surface area (Å²) in [5.41, 5.74) is 14.5. The predicted molar refractivity (Wildman–Crippen MR) is 434 cm³/mol. The van der Waals surface area contributed by atoms with Gasteiger partial charge in [0.25, 0.3) is 0 Å². The third kappa shape index (κ3) is 16.0. The summed E-state index contributed by atoms with van der Waals surface area (Å²) in [5, 5.41) is 55.8. The lowest BCUT2D eigenvalue weighted by molar-refractivity contribution is 0.0678. The predicted octanol–water partition coefficient (Wildman–Crippen LogP) is 17.0. The zero-order chi connectivity index (χ0) is 77.0. The van der Waals surface area contributed by atoms with Gasteiger partial charge in [-0.25, -0.2) is 14.4 Å². The van der Waals surface area contributed by atoms with Crippen molar-refractivity contribution in [2.75, 3.05) is 113 Å². The lowest BCUT2D eigenvalue weighted by atomic mass is 10.0. The standard InChI is InChI=1S/C28H28Cl2N4O3.2C27H27Cl2N5O3/c1-32-16-23(28(35)36)20-7-5-19(15-25(20)32)34-12-10-33(11-13-34)9-8-22-26(31-37-27(22)17-2-3-17)21-6-4-18(29)14-24(21)30;1-32-22-15-17(7-8-18(22)25(30-32)27(35)36)34-13-11-33(12-14-34)10-9-19-24(31-37-26(19)16-5-6-16)23-20(28)3-2-4-21(23)29;1-32-25(27(35)36)18-8-7-17(15-22(18)30-32)34-13-11-33(12-14-34)10-9-19-24(31-37-26(19)16-5-6-16)23-20(28)3-2-4-21(23)29/h4-7,14-17H,2-3,8-13H2,1H3,(H,35,36);2*2-4,7-8,15-16H,5-6,9-14H2,1H3,(H,35,36). The fourth-order valence-corrected chi connectivity index (χ4v) is 17.6. The highest BCUT2D eigenvalue weighted by Gasteiger charge is 2.37. The number of aromatic carboxylic acids is 3. The molecule has 3 saturated heterocycles.